The molecule has 2 rings (SSSR count). The van der Waals surface area contributed by atoms with Gasteiger partial charge in [-0.1, -0.05) is 18.2 Å². The van der Waals surface area contributed by atoms with Crippen LogP contribution < -0.4 is 10.2 Å². The molecule has 0 spiro atoms. The average Bonchev–Trinajstić information content (AvgIpc) is 2.41. The molecular weight excluding hydrogens is 266 g/mol. The number of benzene rings is 1. The normalized spacial score (nSPS) is 9.68. The minimum atomic E-state index is -0.633. The third-order valence-corrected chi connectivity index (χ3v) is 2.03. The number of hydrogen-bond donors (Lipinski definition) is 1. The van der Waals surface area contributed by atoms with Gasteiger partial charge < -0.3 is 4.74 Å². The van der Waals surface area contributed by atoms with Gasteiger partial charge in [-0.3, -0.25) is 4.98 Å². The molecule has 0 aliphatic rings. The van der Waals surface area contributed by atoms with Crippen molar-refractivity contribution in [2.75, 3.05) is 0 Å². The van der Waals surface area contributed by atoms with Crippen molar-refractivity contribution in [3.63, 3.8) is 0 Å². The van der Waals surface area contributed by atoms with Gasteiger partial charge in [-0.25, -0.2) is 10.2 Å². The van der Waals surface area contributed by atoms with E-state index in [1.165, 1.54) is 6.21 Å². The molecule has 0 saturated carbocycles. The Morgan fingerprint density at radius 3 is 2.53 bits per heavy atom. The number of pyridine rings is 1. The Balaban J connectivity index is 0.00000180. The quantitative estimate of drug-likeness (QED) is 0.693. The number of ether oxygens (including phenoxy) is 1. The number of carbonyl (C=O) groups is 1. The zero-order valence-corrected chi connectivity index (χ0v) is 10.7. The number of hydrogen-bond acceptors (Lipinski definition) is 4. The standard InChI is InChI=1S/C13H11N3O2.ClH/c17-13(18-12-4-2-1-3-5-12)16-15-10-11-6-8-14-9-7-11;/h1-10H,(H,16,17);1H. The minimum absolute atomic E-state index is 0. The van der Waals surface area contributed by atoms with E-state index in [1.807, 2.05) is 6.07 Å². The van der Waals surface area contributed by atoms with Gasteiger partial charge in [0, 0.05) is 12.4 Å². The molecular formula is C13H12ClN3O2. The van der Waals surface area contributed by atoms with Crippen LogP contribution in [0.15, 0.2) is 60.0 Å². The highest BCUT2D eigenvalue weighted by atomic mass is 35.5. The first-order valence-corrected chi connectivity index (χ1v) is 5.30. The molecule has 1 aromatic heterocycles. The average molecular weight is 278 g/mol. The van der Waals surface area contributed by atoms with Crippen molar-refractivity contribution >= 4 is 24.7 Å². The first kappa shape index (κ1) is 14.7. The van der Waals surface area contributed by atoms with E-state index in [0.29, 0.717) is 5.75 Å². The summed E-state index contributed by atoms with van der Waals surface area (Å²) in [6.45, 7) is 0. The first-order chi connectivity index (χ1) is 8.84. The van der Waals surface area contributed by atoms with Gasteiger partial charge in [0.2, 0.25) is 0 Å². The molecule has 0 bridgehead atoms. The van der Waals surface area contributed by atoms with E-state index in [0.717, 1.165) is 5.56 Å². The Bertz CT molecular complexity index is 532. The van der Waals surface area contributed by atoms with Crippen molar-refractivity contribution in [1.29, 1.82) is 0 Å². The Morgan fingerprint density at radius 1 is 1.16 bits per heavy atom. The Kier molecular flexibility index (Phi) is 6.05. The summed E-state index contributed by atoms with van der Waals surface area (Å²) < 4.78 is 4.98. The Hall–Kier alpha value is -2.40. The molecule has 0 radical (unpaired) electrons. The molecule has 1 amide bonds. The molecule has 1 heterocycles. The van der Waals surface area contributed by atoms with E-state index >= 15 is 0 Å². The van der Waals surface area contributed by atoms with Crippen LogP contribution in [0.1, 0.15) is 5.56 Å². The Morgan fingerprint density at radius 2 is 1.84 bits per heavy atom. The van der Waals surface area contributed by atoms with Crippen molar-refractivity contribution in [3.05, 3.63) is 60.4 Å². The van der Waals surface area contributed by atoms with Gasteiger partial charge in [0.25, 0.3) is 0 Å². The van der Waals surface area contributed by atoms with Crippen molar-refractivity contribution < 1.29 is 9.53 Å². The molecule has 0 aliphatic heterocycles. The van der Waals surface area contributed by atoms with Crippen molar-refractivity contribution in [2.24, 2.45) is 5.10 Å². The number of nitrogens with one attached hydrogen (secondary N) is 1. The lowest BCUT2D eigenvalue weighted by Gasteiger charge is -2.01. The highest BCUT2D eigenvalue weighted by Gasteiger charge is 2.00. The number of nitrogens with zero attached hydrogens (tertiary/aromatic N) is 2. The second-order valence-electron chi connectivity index (χ2n) is 3.35. The molecule has 0 saturated heterocycles. The molecule has 0 atom stereocenters. The number of para-hydroxylation sites is 1. The van der Waals surface area contributed by atoms with Crippen LogP contribution in [-0.2, 0) is 0 Å². The maximum Gasteiger partial charge on any atom is 0.433 e. The molecule has 19 heavy (non-hydrogen) atoms. The maximum atomic E-state index is 11.3. The highest BCUT2D eigenvalue weighted by molar-refractivity contribution is 5.85. The minimum Gasteiger partial charge on any atom is -0.409 e. The van der Waals surface area contributed by atoms with Crippen LogP contribution in [0, 0.1) is 0 Å². The third-order valence-electron chi connectivity index (χ3n) is 2.03. The molecule has 0 unspecified atom stereocenters. The Labute approximate surface area is 116 Å². The van der Waals surface area contributed by atoms with Crippen LogP contribution in [0.25, 0.3) is 0 Å². The molecule has 0 fully saturated rings. The summed E-state index contributed by atoms with van der Waals surface area (Å²) in [7, 11) is 0. The van der Waals surface area contributed by atoms with E-state index in [-0.39, 0.29) is 12.4 Å². The van der Waals surface area contributed by atoms with E-state index in [1.54, 1.807) is 48.8 Å². The lowest BCUT2D eigenvalue weighted by molar-refractivity contribution is 0.201. The summed E-state index contributed by atoms with van der Waals surface area (Å²) in [6.07, 6.45) is 4.16. The van der Waals surface area contributed by atoms with Crippen LogP contribution >= 0.6 is 12.4 Å². The largest absolute Gasteiger partial charge is 0.433 e. The van der Waals surface area contributed by atoms with Gasteiger partial charge in [-0.05, 0) is 29.8 Å². The van der Waals surface area contributed by atoms with Gasteiger partial charge >= 0.3 is 6.09 Å². The summed E-state index contributed by atoms with van der Waals surface area (Å²) in [4.78, 5) is 15.2. The second-order valence-corrected chi connectivity index (χ2v) is 3.35. The predicted octanol–water partition coefficient (Wildman–Crippen LogP) is 2.63. The highest BCUT2D eigenvalue weighted by Crippen LogP contribution is 2.07. The molecule has 1 N–H and O–H groups in total. The summed E-state index contributed by atoms with van der Waals surface area (Å²) in [6, 6.07) is 12.3. The fourth-order valence-electron chi connectivity index (χ4n) is 1.23. The molecule has 6 heteroatoms. The number of rotatable bonds is 3. The molecule has 1 aromatic carbocycles. The van der Waals surface area contributed by atoms with E-state index < -0.39 is 6.09 Å². The number of amides is 1. The molecule has 5 nitrogen and oxygen atoms in total. The van der Waals surface area contributed by atoms with Gasteiger partial charge in [-0.15, -0.1) is 12.4 Å². The van der Waals surface area contributed by atoms with Gasteiger partial charge in [0.15, 0.2) is 0 Å². The van der Waals surface area contributed by atoms with Gasteiger partial charge in [0.1, 0.15) is 5.75 Å². The molecule has 98 valence electrons. The lowest BCUT2D eigenvalue weighted by Crippen LogP contribution is -2.21. The third kappa shape index (κ3) is 5.18. The van der Waals surface area contributed by atoms with Gasteiger partial charge in [0.05, 0.1) is 6.21 Å². The lowest BCUT2D eigenvalue weighted by atomic mass is 10.3. The zero-order chi connectivity index (χ0) is 12.6. The fraction of sp³-hybridized carbons (Fsp3) is 0. The van der Waals surface area contributed by atoms with E-state index in [2.05, 4.69) is 15.5 Å². The summed E-state index contributed by atoms with van der Waals surface area (Å²) in [5.41, 5.74) is 3.11. The number of aromatic nitrogens is 1. The summed E-state index contributed by atoms with van der Waals surface area (Å²) >= 11 is 0. The second kappa shape index (κ2) is 7.84. The van der Waals surface area contributed by atoms with E-state index in [4.69, 9.17) is 4.74 Å². The summed E-state index contributed by atoms with van der Waals surface area (Å²) in [5, 5.41) is 3.76. The van der Waals surface area contributed by atoms with Crippen LogP contribution in [0.3, 0.4) is 0 Å². The van der Waals surface area contributed by atoms with Crippen molar-refractivity contribution in [2.45, 2.75) is 0 Å². The van der Waals surface area contributed by atoms with E-state index in [9.17, 15) is 4.79 Å². The predicted molar refractivity (Wildman–Crippen MR) is 74.7 cm³/mol. The molecule has 2 aromatic rings. The van der Waals surface area contributed by atoms with Crippen LogP contribution in [-0.4, -0.2) is 17.3 Å². The van der Waals surface area contributed by atoms with Crippen LogP contribution in [0.2, 0.25) is 0 Å². The maximum absolute atomic E-state index is 11.3. The fourth-order valence-corrected chi connectivity index (χ4v) is 1.23. The van der Waals surface area contributed by atoms with Gasteiger partial charge in [-0.2, -0.15) is 5.10 Å². The number of carbonyl (C=O) groups excluding carboxylic acids is 1. The van der Waals surface area contributed by atoms with Crippen LogP contribution in [0.5, 0.6) is 5.75 Å². The topological polar surface area (TPSA) is 63.6 Å². The smallest absolute Gasteiger partial charge is 0.409 e. The number of halogens is 1. The summed E-state index contributed by atoms with van der Waals surface area (Å²) in [5.74, 6) is 0.467. The van der Waals surface area contributed by atoms with Crippen molar-refractivity contribution in [3.8, 4) is 5.75 Å². The van der Waals surface area contributed by atoms with Crippen LogP contribution in [0.4, 0.5) is 4.79 Å². The number of hydrazone groups is 1. The zero-order valence-electron chi connectivity index (χ0n) is 9.89. The molecule has 0 aliphatic carbocycles. The first-order valence-electron chi connectivity index (χ1n) is 5.30. The monoisotopic (exact) mass is 277 g/mol. The SMILES string of the molecule is Cl.O=C(NN=Cc1ccncc1)Oc1ccccc1. The van der Waals surface area contributed by atoms with Crippen molar-refractivity contribution in [1.82, 2.24) is 10.4 Å².